The van der Waals surface area contributed by atoms with Crippen LogP contribution in [0.1, 0.15) is 12.0 Å². The van der Waals surface area contributed by atoms with Crippen LogP contribution in [0.15, 0.2) is 23.8 Å². The van der Waals surface area contributed by atoms with E-state index in [1.165, 1.54) is 0 Å². The number of hydrogen-bond acceptors (Lipinski definition) is 4. The first-order valence-corrected chi connectivity index (χ1v) is 5.34. The summed E-state index contributed by atoms with van der Waals surface area (Å²) in [5.74, 6) is 1.18. The number of carbonyl (C=O) groups is 1. The standard InChI is InChI=1S/C13H14O4/c1-15-11-3-4-12(16-2)10(8-11)7-9-5-6-17-13(9)14/h3-4,7-8H,5-6H2,1-2H3. The van der Waals surface area contributed by atoms with Crippen molar-refractivity contribution in [3.8, 4) is 11.5 Å². The van der Waals surface area contributed by atoms with Gasteiger partial charge < -0.3 is 14.2 Å². The Morgan fingerprint density at radius 2 is 2.12 bits per heavy atom. The van der Waals surface area contributed by atoms with E-state index in [2.05, 4.69) is 0 Å². The van der Waals surface area contributed by atoms with Gasteiger partial charge in [-0.2, -0.15) is 0 Å². The van der Waals surface area contributed by atoms with Gasteiger partial charge in [0.15, 0.2) is 0 Å². The summed E-state index contributed by atoms with van der Waals surface area (Å²) in [7, 11) is 3.19. The zero-order chi connectivity index (χ0) is 12.3. The monoisotopic (exact) mass is 234 g/mol. The maximum Gasteiger partial charge on any atom is 0.334 e. The maximum atomic E-state index is 11.4. The van der Waals surface area contributed by atoms with Crippen LogP contribution in [0.4, 0.5) is 0 Å². The molecule has 17 heavy (non-hydrogen) atoms. The first-order chi connectivity index (χ1) is 8.24. The number of esters is 1. The molecule has 0 atom stereocenters. The summed E-state index contributed by atoms with van der Waals surface area (Å²) in [4.78, 5) is 11.4. The van der Waals surface area contributed by atoms with E-state index < -0.39 is 0 Å². The van der Waals surface area contributed by atoms with Crippen molar-refractivity contribution in [1.82, 2.24) is 0 Å². The molecule has 0 aliphatic carbocycles. The molecule has 1 aromatic rings. The average Bonchev–Trinajstić information content (AvgIpc) is 2.75. The third-order valence-corrected chi connectivity index (χ3v) is 2.63. The second-order valence-corrected chi connectivity index (χ2v) is 3.66. The van der Waals surface area contributed by atoms with E-state index in [1.54, 1.807) is 20.3 Å². The molecule has 0 radical (unpaired) electrons. The van der Waals surface area contributed by atoms with Crippen LogP contribution in [0, 0.1) is 0 Å². The van der Waals surface area contributed by atoms with E-state index in [1.807, 2.05) is 18.2 Å². The third-order valence-electron chi connectivity index (χ3n) is 2.63. The molecule has 0 aromatic heterocycles. The van der Waals surface area contributed by atoms with Gasteiger partial charge in [-0.05, 0) is 24.3 Å². The Labute approximate surface area is 99.8 Å². The number of carbonyl (C=O) groups excluding carboxylic acids is 1. The minimum absolute atomic E-state index is 0.255. The lowest BCUT2D eigenvalue weighted by Gasteiger charge is -2.07. The van der Waals surface area contributed by atoms with Crippen molar-refractivity contribution in [2.24, 2.45) is 0 Å². The Morgan fingerprint density at radius 1 is 1.29 bits per heavy atom. The van der Waals surface area contributed by atoms with Gasteiger partial charge in [-0.25, -0.2) is 4.79 Å². The molecule has 0 amide bonds. The highest BCUT2D eigenvalue weighted by molar-refractivity contribution is 5.95. The van der Waals surface area contributed by atoms with E-state index >= 15 is 0 Å². The molecule has 1 aliphatic rings. The molecular formula is C13H14O4. The molecule has 4 nitrogen and oxygen atoms in total. The summed E-state index contributed by atoms with van der Waals surface area (Å²) in [6.45, 7) is 0.455. The van der Waals surface area contributed by atoms with E-state index in [0.29, 0.717) is 24.4 Å². The first kappa shape index (κ1) is 11.5. The highest BCUT2D eigenvalue weighted by atomic mass is 16.5. The van der Waals surface area contributed by atoms with E-state index in [0.717, 1.165) is 11.3 Å². The first-order valence-electron chi connectivity index (χ1n) is 5.34. The Kier molecular flexibility index (Phi) is 3.32. The van der Waals surface area contributed by atoms with Crippen LogP contribution < -0.4 is 9.47 Å². The maximum absolute atomic E-state index is 11.4. The number of ether oxygens (including phenoxy) is 3. The number of methoxy groups -OCH3 is 2. The summed E-state index contributed by atoms with van der Waals surface area (Å²) >= 11 is 0. The van der Waals surface area contributed by atoms with Crippen molar-refractivity contribution in [3.05, 3.63) is 29.3 Å². The van der Waals surface area contributed by atoms with Gasteiger partial charge in [0.05, 0.1) is 20.8 Å². The number of hydrogen-bond donors (Lipinski definition) is 0. The van der Waals surface area contributed by atoms with E-state index in [4.69, 9.17) is 14.2 Å². The molecule has 0 saturated carbocycles. The lowest BCUT2D eigenvalue weighted by molar-refractivity contribution is -0.134. The predicted octanol–water partition coefficient (Wildman–Crippen LogP) is 2.03. The molecule has 1 saturated heterocycles. The molecule has 90 valence electrons. The summed E-state index contributed by atoms with van der Waals surface area (Å²) in [6, 6.07) is 5.46. The van der Waals surface area contributed by atoms with Crippen LogP contribution in [0.3, 0.4) is 0 Å². The molecule has 1 aliphatic heterocycles. The SMILES string of the molecule is COc1ccc(OC)c(C=C2CCOC2=O)c1. The minimum Gasteiger partial charge on any atom is -0.497 e. The molecule has 1 heterocycles. The molecule has 1 fully saturated rings. The molecule has 0 spiro atoms. The normalized spacial score (nSPS) is 17.1. The zero-order valence-electron chi connectivity index (χ0n) is 9.86. The minimum atomic E-state index is -0.255. The van der Waals surface area contributed by atoms with Crippen molar-refractivity contribution in [3.63, 3.8) is 0 Å². The van der Waals surface area contributed by atoms with Crippen molar-refractivity contribution >= 4 is 12.0 Å². The Balaban J connectivity index is 2.39. The number of cyclic esters (lactones) is 1. The molecule has 2 rings (SSSR count). The summed E-state index contributed by atoms with van der Waals surface area (Å²) in [6.07, 6.45) is 2.43. The Bertz CT molecular complexity index is 462. The summed E-state index contributed by atoms with van der Waals surface area (Å²) in [5.41, 5.74) is 1.48. The van der Waals surface area contributed by atoms with Crippen LogP contribution in [0.5, 0.6) is 11.5 Å². The van der Waals surface area contributed by atoms with Gasteiger partial charge in [0.25, 0.3) is 0 Å². The van der Waals surface area contributed by atoms with Crippen molar-refractivity contribution in [1.29, 1.82) is 0 Å². The fraction of sp³-hybridized carbons (Fsp3) is 0.308. The average molecular weight is 234 g/mol. The van der Waals surface area contributed by atoms with Gasteiger partial charge in [-0.1, -0.05) is 0 Å². The Hall–Kier alpha value is -1.97. The van der Waals surface area contributed by atoms with E-state index in [9.17, 15) is 4.79 Å². The van der Waals surface area contributed by atoms with Gasteiger partial charge in [0, 0.05) is 17.6 Å². The Morgan fingerprint density at radius 3 is 2.71 bits per heavy atom. The van der Waals surface area contributed by atoms with Crippen molar-refractivity contribution < 1.29 is 19.0 Å². The largest absolute Gasteiger partial charge is 0.497 e. The zero-order valence-corrected chi connectivity index (χ0v) is 9.86. The summed E-state index contributed by atoms with van der Waals surface area (Å²) in [5, 5.41) is 0. The molecule has 0 N–H and O–H groups in total. The highest BCUT2D eigenvalue weighted by Gasteiger charge is 2.19. The lowest BCUT2D eigenvalue weighted by atomic mass is 10.1. The van der Waals surface area contributed by atoms with Gasteiger partial charge in [0.1, 0.15) is 11.5 Å². The van der Waals surface area contributed by atoms with Crippen molar-refractivity contribution in [2.75, 3.05) is 20.8 Å². The van der Waals surface area contributed by atoms with Gasteiger partial charge in [0.2, 0.25) is 0 Å². The van der Waals surface area contributed by atoms with Gasteiger partial charge >= 0.3 is 5.97 Å². The molecule has 4 heteroatoms. The molecule has 0 bridgehead atoms. The smallest absolute Gasteiger partial charge is 0.334 e. The number of rotatable bonds is 3. The fourth-order valence-corrected chi connectivity index (χ4v) is 1.72. The predicted molar refractivity (Wildman–Crippen MR) is 63.1 cm³/mol. The van der Waals surface area contributed by atoms with Gasteiger partial charge in [-0.3, -0.25) is 0 Å². The van der Waals surface area contributed by atoms with Crippen LogP contribution in [-0.2, 0) is 9.53 Å². The highest BCUT2D eigenvalue weighted by Crippen LogP contribution is 2.28. The van der Waals surface area contributed by atoms with Gasteiger partial charge in [-0.15, -0.1) is 0 Å². The van der Waals surface area contributed by atoms with E-state index in [-0.39, 0.29) is 5.97 Å². The lowest BCUT2D eigenvalue weighted by Crippen LogP contribution is -1.95. The fourth-order valence-electron chi connectivity index (χ4n) is 1.72. The molecule has 0 unspecified atom stereocenters. The van der Waals surface area contributed by atoms with Crippen LogP contribution >= 0.6 is 0 Å². The second kappa shape index (κ2) is 4.91. The topological polar surface area (TPSA) is 44.8 Å². The molecule has 1 aromatic carbocycles. The molecular weight excluding hydrogens is 220 g/mol. The quantitative estimate of drug-likeness (QED) is 0.593. The van der Waals surface area contributed by atoms with Crippen LogP contribution in [-0.4, -0.2) is 26.8 Å². The summed E-state index contributed by atoms with van der Waals surface area (Å²) < 4.78 is 15.3. The second-order valence-electron chi connectivity index (χ2n) is 3.66. The van der Waals surface area contributed by atoms with Crippen molar-refractivity contribution in [2.45, 2.75) is 6.42 Å². The number of benzene rings is 1. The third kappa shape index (κ3) is 2.41. The van der Waals surface area contributed by atoms with Crippen LogP contribution in [0.2, 0.25) is 0 Å². The van der Waals surface area contributed by atoms with Crippen LogP contribution in [0.25, 0.3) is 6.08 Å².